The first-order chi connectivity index (χ1) is 7.70. The highest BCUT2D eigenvalue weighted by molar-refractivity contribution is 5.70. The molecular formula is C16H22. The van der Waals surface area contributed by atoms with Gasteiger partial charge in [-0.05, 0) is 36.0 Å². The minimum absolute atomic E-state index is 0.601. The molecule has 0 aliphatic rings. The van der Waals surface area contributed by atoms with Gasteiger partial charge in [-0.25, -0.2) is 0 Å². The lowest BCUT2D eigenvalue weighted by atomic mass is 9.88. The van der Waals surface area contributed by atoms with Crippen LogP contribution in [0.2, 0.25) is 0 Å². The monoisotopic (exact) mass is 214 g/mol. The molecule has 0 amide bonds. The van der Waals surface area contributed by atoms with E-state index in [2.05, 4.69) is 57.7 Å². The highest BCUT2D eigenvalue weighted by atomic mass is 14.2. The van der Waals surface area contributed by atoms with Gasteiger partial charge in [0.15, 0.2) is 0 Å². The van der Waals surface area contributed by atoms with E-state index in [9.17, 15) is 0 Å². The van der Waals surface area contributed by atoms with Crippen molar-refractivity contribution in [1.29, 1.82) is 0 Å². The Bertz CT molecular complexity index is 371. The van der Waals surface area contributed by atoms with E-state index < -0.39 is 0 Å². The van der Waals surface area contributed by atoms with Crippen LogP contribution in [0, 0.1) is 12.8 Å². The van der Waals surface area contributed by atoms with Gasteiger partial charge in [-0.3, -0.25) is 0 Å². The first kappa shape index (κ1) is 12.8. The van der Waals surface area contributed by atoms with Crippen LogP contribution in [-0.2, 0) is 0 Å². The van der Waals surface area contributed by atoms with Gasteiger partial charge < -0.3 is 0 Å². The zero-order valence-electron chi connectivity index (χ0n) is 10.7. The average molecular weight is 214 g/mol. The molecule has 0 aliphatic carbocycles. The van der Waals surface area contributed by atoms with Crippen molar-refractivity contribution >= 4 is 5.57 Å². The second-order valence-electron chi connectivity index (χ2n) is 4.36. The summed E-state index contributed by atoms with van der Waals surface area (Å²) in [6.45, 7) is 10.5. The Morgan fingerprint density at radius 1 is 1.38 bits per heavy atom. The van der Waals surface area contributed by atoms with Gasteiger partial charge in [0.2, 0.25) is 0 Å². The zero-order chi connectivity index (χ0) is 12.0. The van der Waals surface area contributed by atoms with Crippen LogP contribution < -0.4 is 0 Å². The van der Waals surface area contributed by atoms with Gasteiger partial charge in [0.05, 0.1) is 0 Å². The molecule has 0 N–H and O–H groups in total. The zero-order valence-corrected chi connectivity index (χ0v) is 10.7. The number of hydrogen-bond acceptors (Lipinski definition) is 0. The fourth-order valence-electron chi connectivity index (χ4n) is 2.13. The third-order valence-corrected chi connectivity index (χ3v) is 3.01. The molecule has 0 heteroatoms. The van der Waals surface area contributed by atoms with Crippen molar-refractivity contribution in [1.82, 2.24) is 0 Å². The summed E-state index contributed by atoms with van der Waals surface area (Å²) in [5, 5.41) is 0. The maximum atomic E-state index is 3.82. The second-order valence-corrected chi connectivity index (χ2v) is 4.36. The van der Waals surface area contributed by atoms with Crippen molar-refractivity contribution < 1.29 is 0 Å². The molecule has 0 nitrogen and oxygen atoms in total. The van der Waals surface area contributed by atoms with E-state index in [0.29, 0.717) is 5.92 Å². The largest absolute Gasteiger partial charge is 0.0991 e. The molecule has 0 aliphatic heterocycles. The minimum Gasteiger partial charge on any atom is -0.0991 e. The van der Waals surface area contributed by atoms with Gasteiger partial charge in [-0.1, -0.05) is 63.3 Å². The van der Waals surface area contributed by atoms with Gasteiger partial charge >= 0.3 is 0 Å². The predicted molar refractivity (Wildman–Crippen MR) is 73.4 cm³/mol. The van der Waals surface area contributed by atoms with Crippen molar-refractivity contribution in [2.45, 2.75) is 33.6 Å². The molecule has 0 fully saturated rings. The summed E-state index contributed by atoms with van der Waals surface area (Å²) in [5.41, 5.74) is 4.12. The Balaban J connectivity index is 3.08. The molecule has 0 bridgehead atoms. The first-order valence-electron chi connectivity index (χ1n) is 6.09. The topological polar surface area (TPSA) is 0 Å². The Morgan fingerprint density at radius 3 is 2.62 bits per heavy atom. The first-order valence-corrected chi connectivity index (χ1v) is 6.09. The molecule has 0 saturated carbocycles. The van der Waals surface area contributed by atoms with Gasteiger partial charge in [-0.2, -0.15) is 0 Å². The quantitative estimate of drug-likeness (QED) is 0.605. The lowest BCUT2D eigenvalue weighted by molar-refractivity contribution is 0.649. The van der Waals surface area contributed by atoms with Crippen LogP contribution in [0.25, 0.3) is 5.57 Å². The van der Waals surface area contributed by atoms with Crippen LogP contribution in [-0.4, -0.2) is 0 Å². The number of aryl methyl sites for hydroxylation is 1. The number of allylic oxidation sites excluding steroid dienone is 3. The Kier molecular flexibility index (Phi) is 5.04. The Labute approximate surface area is 99.7 Å². The van der Waals surface area contributed by atoms with E-state index in [4.69, 9.17) is 0 Å². The van der Waals surface area contributed by atoms with Crippen LogP contribution in [0.5, 0.6) is 0 Å². The van der Waals surface area contributed by atoms with Gasteiger partial charge in [0.1, 0.15) is 0 Å². The van der Waals surface area contributed by atoms with Crippen LogP contribution >= 0.6 is 0 Å². The van der Waals surface area contributed by atoms with E-state index in [1.807, 2.05) is 6.08 Å². The van der Waals surface area contributed by atoms with Crippen molar-refractivity contribution in [2.24, 2.45) is 5.92 Å². The highest BCUT2D eigenvalue weighted by Crippen LogP contribution is 2.28. The molecule has 16 heavy (non-hydrogen) atoms. The van der Waals surface area contributed by atoms with Crippen molar-refractivity contribution in [3.63, 3.8) is 0 Å². The van der Waals surface area contributed by atoms with E-state index in [1.54, 1.807) is 0 Å². The molecule has 1 aromatic carbocycles. The molecule has 1 aromatic rings. The average Bonchev–Trinajstić information content (AvgIpc) is 2.27. The smallest absolute Gasteiger partial charge is 0.0184 e. The van der Waals surface area contributed by atoms with Gasteiger partial charge in [0.25, 0.3) is 0 Å². The SMILES string of the molecule is C=C/C=C(\c1ccccc1C)C(C)CCC. The summed E-state index contributed by atoms with van der Waals surface area (Å²) in [4.78, 5) is 0. The van der Waals surface area contributed by atoms with Crippen LogP contribution in [0.1, 0.15) is 37.8 Å². The van der Waals surface area contributed by atoms with Crippen LogP contribution in [0.3, 0.4) is 0 Å². The molecule has 0 radical (unpaired) electrons. The third kappa shape index (κ3) is 3.10. The van der Waals surface area contributed by atoms with Gasteiger partial charge in [0, 0.05) is 0 Å². The lowest BCUT2D eigenvalue weighted by Crippen LogP contribution is -2.00. The van der Waals surface area contributed by atoms with Crippen molar-refractivity contribution in [3.05, 3.63) is 54.1 Å². The summed E-state index contributed by atoms with van der Waals surface area (Å²) < 4.78 is 0. The molecule has 1 unspecified atom stereocenters. The standard InChI is InChI=1S/C16H22/c1-5-9-13(3)15(10-6-2)16-12-8-7-11-14(16)4/h6-8,10-13H,2,5,9H2,1,3-4H3/b15-10-. The molecule has 1 rings (SSSR count). The number of benzene rings is 1. The number of rotatable bonds is 5. The maximum absolute atomic E-state index is 3.82. The fourth-order valence-corrected chi connectivity index (χ4v) is 2.13. The molecule has 0 spiro atoms. The summed E-state index contributed by atoms with van der Waals surface area (Å²) >= 11 is 0. The second kappa shape index (κ2) is 6.32. The number of hydrogen-bond donors (Lipinski definition) is 0. The Morgan fingerprint density at radius 2 is 2.06 bits per heavy atom. The lowest BCUT2D eigenvalue weighted by Gasteiger charge is -2.17. The third-order valence-electron chi connectivity index (χ3n) is 3.01. The summed E-state index contributed by atoms with van der Waals surface area (Å²) in [6.07, 6.45) is 6.51. The van der Waals surface area contributed by atoms with E-state index in [-0.39, 0.29) is 0 Å². The van der Waals surface area contributed by atoms with E-state index in [1.165, 1.54) is 29.5 Å². The van der Waals surface area contributed by atoms with Crippen molar-refractivity contribution in [3.8, 4) is 0 Å². The van der Waals surface area contributed by atoms with Crippen LogP contribution in [0.15, 0.2) is 43.0 Å². The molecule has 0 heterocycles. The summed E-state index contributed by atoms with van der Waals surface area (Å²) in [7, 11) is 0. The van der Waals surface area contributed by atoms with E-state index in [0.717, 1.165) is 0 Å². The van der Waals surface area contributed by atoms with E-state index >= 15 is 0 Å². The normalized spacial score (nSPS) is 13.6. The molecule has 1 atom stereocenters. The molecule has 0 aromatic heterocycles. The fraction of sp³-hybridized carbons (Fsp3) is 0.375. The predicted octanol–water partition coefficient (Wildman–Crippen LogP) is 5.00. The minimum atomic E-state index is 0.601. The Hall–Kier alpha value is -1.30. The summed E-state index contributed by atoms with van der Waals surface area (Å²) in [6, 6.07) is 8.58. The maximum Gasteiger partial charge on any atom is -0.0184 e. The highest BCUT2D eigenvalue weighted by Gasteiger charge is 2.11. The molecule has 0 saturated heterocycles. The summed E-state index contributed by atoms with van der Waals surface area (Å²) in [5.74, 6) is 0.601. The molecule has 86 valence electrons. The molecular weight excluding hydrogens is 192 g/mol. The van der Waals surface area contributed by atoms with Crippen molar-refractivity contribution in [2.75, 3.05) is 0 Å². The van der Waals surface area contributed by atoms with Crippen LogP contribution in [0.4, 0.5) is 0 Å². The van der Waals surface area contributed by atoms with Gasteiger partial charge in [-0.15, -0.1) is 0 Å².